The van der Waals surface area contributed by atoms with E-state index in [1.807, 2.05) is 0 Å². The van der Waals surface area contributed by atoms with Crippen LogP contribution in [0.15, 0.2) is 23.8 Å². The molecule has 0 aromatic carbocycles. The van der Waals surface area contributed by atoms with Gasteiger partial charge >= 0.3 is 0 Å². The molecule has 5 nitrogen and oxygen atoms in total. The van der Waals surface area contributed by atoms with E-state index >= 15 is 0 Å². The molecule has 1 rings (SSSR count). The summed E-state index contributed by atoms with van der Waals surface area (Å²) in [5.41, 5.74) is 4.12. The molecule has 0 radical (unpaired) electrons. The Balaban J connectivity index is 2.92. The van der Waals surface area contributed by atoms with Crippen molar-refractivity contribution in [1.29, 1.82) is 0 Å². The first kappa shape index (κ1) is 9.44. The summed E-state index contributed by atoms with van der Waals surface area (Å²) in [4.78, 5) is 21.0. The second kappa shape index (κ2) is 3.01. The molecule has 0 aromatic heterocycles. The number of rotatable bonds is 2. The number of primary amides is 1. The topological polar surface area (TPSA) is 86.2 Å². The summed E-state index contributed by atoms with van der Waals surface area (Å²) in [5.74, 6) is -0.600. The zero-order valence-electron chi connectivity index (χ0n) is 7.19. The number of carbonyl (C=O) groups excluding carboxylic acids is 1. The maximum atomic E-state index is 10.8. The minimum Gasteiger partial charge on any atom is -0.366 e. The number of hydrogen-bond donors (Lipinski definition) is 1. The maximum Gasteiger partial charge on any atom is 0.244 e. The standard InChI is InChI=1S/C8H10N2O3/c1-8(10(12)13)4-2-3-6(5-8)7(9)11/h2-4H,5H2,1H3,(H2,9,11). The molecule has 0 saturated carbocycles. The summed E-state index contributed by atoms with van der Waals surface area (Å²) >= 11 is 0. The van der Waals surface area contributed by atoms with Crippen LogP contribution in [0.25, 0.3) is 0 Å². The molecule has 1 aliphatic rings. The average molecular weight is 182 g/mol. The minimum atomic E-state index is -1.20. The molecule has 0 bridgehead atoms. The third-order valence-electron chi connectivity index (χ3n) is 2.03. The van der Waals surface area contributed by atoms with Gasteiger partial charge in [-0.2, -0.15) is 0 Å². The Morgan fingerprint density at radius 3 is 2.85 bits per heavy atom. The highest BCUT2D eigenvalue weighted by Gasteiger charge is 2.37. The van der Waals surface area contributed by atoms with Crippen LogP contribution in [0.5, 0.6) is 0 Å². The van der Waals surface area contributed by atoms with Crippen molar-refractivity contribution in [1.82, 2.24) is 0 Å². The van der Waals surface area contributed by atoms with Gasteiger partial charge in [0, 0.05) is 17.4 Å². The van der Waals surface area contributed by atoms with E-state index in [1.165, 1.54) is 25.2 Å². The van der Waals surface area contributed by atoms with Crippen molar-refractivity contribution in [3.63, 3.8) is 0 Å². The van der Waals surface area contributed by atoms with Gasteiger partial charge < -0.3 is 5.73 Å². The van der Waals surface area contributed by atoms with Gasteiger partial charge in [-0.15, -0.1) is 0 Å². The zero-order chi connectivity index (χ0) is 10.1. The fourth-order valence-electron chi connectivity index (χ4n) is 1.17. The molecule has 0 aliphatic heterocycles. The molecule has 0 spiro atoms. The Bertz CT molecular complexity index is 319. The Labute approximate surface area is 75.1 Å². The van der Waals surface area contributed by atoms with Crippen LogP contribution in [0.4, 0.5) is 0 Å². The molecule has 1 atom stereocenters. The third-order valence-corrected chi connectivity index (χ3v) is 2.03. The van der Waals surface area contributed by atoms with E-state index in [0.717, 1.165) is 0 Å². The molecular formula is C8H10N2O3. The van der Waals surface area contributed by atoms with E-state index in [9.17, 15) is 14.9 Å². The van der Waals surface area contributed by atoms with Gasteiger partial charge in [-0.25, -0.2) is 0 Å². The van der Waals surface area contributed by atoms with Gasteiger partial charge in [0.1, 0.15) is 0 Å². The summed E-state index contributed by atoms with van der Waals surface area (Å²) in [6.45, 7) is 1.46. The van der Waals surface area contributed by atoms with Crippen molar-refractivity contribution in [2.45, 2.75) is 18.9 Å². The van der Waals surface area contributed by atoms with E-state index in [1.54, 1.807) is 0 Å². The monoisotopic (exact) mass is 182 g/mol. The highest BCUT2D eigenvalue weighted by atomic mass is 16.6. The molecular weight excluding hydrogens is 172 g/mol. The summed E-state index contributed by atoms with van der Waals surface area (Å²) in [7, 11) is 0. The minimum absolute atomic E-state index is 0.0613. The van der Waals surface area contributed by atoms with Crippen LogP contribution >= 0.6 is 0 Å². The van der Waals surface area contributed by atoms with E-state index < -0.39 is 16.4 Å². The number of nitrogens with two attached hydrogens (primary N) is 1. The highest BCUT2D eigenvalue weighted by molar-refractivity contribution is 5.92. The molecule has 2 N–H and O–H groups in total. The van der Waals surface area contributed by atoms with Crippen LogP contribution in [0.2, 0.25) is 0 Å². The van der Waals surface area contributed by atoms with Crippen molar-refractivity contribution >= 4 is 5.91 Å². The van der Waals surface area contributed by atoms with Gasteiger partial charge in [0.25, 0.3) is 0 Å². The van der Waals surface area contributed by atoms with Crippen molar-refractivity contribution in [2.24, 2.45) is 5.73 Å². The number of nitrogens with zero attached hydrogens (tertiary/aromatic N) is 1. The lowest BCUT2D eigenvalue weighted by Crippen LogP contribution is -2.36. The number of amides is 1. The first-order chi connectivity index (χ1) is 5.96. The zero-order valence-corrected chi connectivity index (χ0v) is 7.19. The molecule has 70 valence electrons. The fourth-order valence-corrected chi connectivity index (χ4v) is 1.17. The Hall–Kier alpha value is -1.65. The van der Waals surface area contributed by atoms with Crippen molar-refractivity contribution < 1.29 is 9.72 Å². The van der Waals surface area contributed by atoms with Crippen molar-refractivity contribution in [2.75, 3.05) is 0 Å². The molecule has 13 heavy (non-hydrogen) atoms. The first-order valence-electron chi connectivity index (χ1n) is 3.78. The number of nitro groups is 1. The summed E-state index contributed by atoms with van der Waals surface area (Å²) in [6, 6.07) is 0. The van der Waals surface area contributed by atoms with Crippen LogP contribution in [-0.2, 0) is 4.79 Å². The SMILES string of the molecule is CC1([N+](=O)[O-])C=CC=C(C(N)=O)C1. The molecule has 1 unspecified atom stereocenters. The number of carbonyl (C=O) groups is 1. The van der Waals surface area contributed by atoms with Gasteiger partial charge in [0.05, 0.1) is 6.42 Å². The van der Waals surface area contributed by atoms with Gasteiger partial charge in [-0.05, 0) is 6.08 Å². The molecule has 0 heterocycles. The smallest absolute Gasteiger partial charge is 0.244 e. The second-order valence-electron chi connectivity index (χ2n) is 3.21. The normalized spacial score (nSPS) is 26.7. The lowest BCUT2D eigenvalue weighted by atomic mass is 9.89. The quantitative estimate of drug-likeness (QED) is 0.495. The number of hydrogen-bond acceptors (Lipinski definition) is 3. The molecule has 1 aliphatic carbocycles. The fraction of sp³-hybridized carbons (Fsp3) is 0.375. The van der Waals surface area contributed by atoms with Gasteiger partial charge in [0.15, 0.2) is 0 Å². The lowest BCUT2D eigenvalue weighted by Gasteiger charge is -2.19. The van der Waals surface area contributed by atoms with Crippen LogP contribution < -0.4 is 5.73 Å². The van der Waals surface area contributed by atoms with Crippen LogP contribution in [-0.4, -0.2) is 16.4 Å². The summed E-state index contributed by atoms with van der Waals surface area (Å²) in [5, 5.41) is 10.6. The van der Waals surface area contributed by atoms with Gasteiger partial charge in [0.2, 0.25) is 11.4 Å². The predicted molar refractivity (Wildman–Crippen MR) is 46.4 cm³/mol. The molecule has 1 amide bonds. The van der Waals surface area contributed by atoms with Crippen LogP contribution in [0.1, 0.15) is 13.3 Å². The summed E-state index contributed by atoms with van der Waals surface area (Å²) < 4.78 is 0. The molecule has 0 aromatic rings. The largest absolute Gasteiger partial charge is 0.366 e. The number of allylic oxidation sites excluding steroid dienone is 2. The third kappa shape index (κ3) is 1.74. The Morgan fingerprint density at radius 1 is 1.77 bits per heavy atom. The second-order valence-corrected chi connectivity index (χ2v) is 3.21. The van der Waals surface area contributed by atoms with Crippen molar-refractivity contribution in [3.05, 3.63) is 33.9 Å². The van der Waals surface area contributed by atoms with E-state index in [4.69, 9.17) is 5.73 Å². The Morgan fingerprint density at radius 2 is 2.38 bits per heavy atom. The molecule has 0 fully saturated rings. The summed E-state index contributed by atoms with van der Waals surface area (Å²) in [6.07, 6.45) is 4.52. The highest BCUT2D eigenvalue weighted by Crippen LogP contribution is 2.25. The molecule has 5 heteroatoms. The van der Waals surface area contributed by atoms with Crippen LogP contribution in [0.3, 0.4) is 0 Å². The van der Waals surface area contributed by atoms with Crippen molar-refractivity contribution in [3.8, 4) is 0 Å². The van der Waals surface area contributed by atoms with E-state index in [0.29, 0.717) is 5.57 Å². The van der Waals surface area contributed by atoms with Gasteiger partial charge in [-0.1, -0.05) is 12.2 Å². The molecule has 0 saturated heterocycles. The maximum absolute atomic E-state index is 10.8. The average Bonchev–Trinajstić information content (AvgIpc) is 2.04. The van der Waals surface area contributed by atoms with E-state index in [2.05, 4.69) is 0 Å². The Kier molecular flexibility index (Phi) is 2.18. The van der Waals surface area contributed by atoms with Crippen LogP contribution in [0, 0.1) is 10.1 Å². The first-order valence-corrected chi connectivity index (χ1v) is 3.78. The van der Waals surface area contributed by atoms with Gasteiger partial charge in [-0.3, -0.25) is 14.9 Å². The lowest BCUT2D eigenvalue weighted by molar-refractivity contribution is -0.549. The predicted octanol–water partition coefficient (Wildman–Crippen LogP) is 0.393. The van der Waals surface area contributed by atoms with E-state index in [-0.39, 0.29) is 6.42 Å².